The van der Waals surface area contributed by atoms with Crippen molar-refractivity contribution < 1.29 is 4.79 Å². The lowest BCUT2D eigenvalue weighted by Gasteiger charge is -2.13. The van der Waals surface area contributed by atoms with Gasteiger partial charge in [0.05, 0.1) is 5.75 Å². The van der Waals surface area contributed by atoms with Crippen molar-refractivity contribution in [2.75, 3.05) is 5.75 Å². The van der Waals surface area contributed by atoms with E-state index < -0.39 is 0 Å². The Morgan fingerprint density at radius 1 is 1.22 bits per heavy atom. The van der Waals surface area contributed by atoms with Gasteiger partial charge in [-0.25, -0.2) is 4.98 Å². The molecule has 124 valence electrons. The van der Waals surface area contributed by atoms with Gasteiger partial charge in [-0.15, -0.1) is 5.10 Å². The molecular weight excluding hydrogens is 308 g/mol. The van der Waals surface area contributed by atoms with Crippen molar-refractivity contribution in [1.29, 1.82) is 0 Å². The summed E-state index contributed by atoms with van der Waals surface area (Å²) in [6, 6.07) is 8.51. The van der Waals surface area contributed by atoms with E-state index in [4.69, 9.17) is 0 Å². The molecule has 0 radical (unpaired) electrons. The number of rotatable bonds is 8. The topological polar surface area (TPSA) is 70.7 Å². The second-order valence-corrected chi connectivity index (χ2v) is 6.33. The number of carbonyl (C=O) groups is 1. The van der Waals surface area contributed by atoms with E-state index in [0.717, 1.165) is 30.7 Å². The molecule has 0 saturated carbocycles. The molecule has 1 heterocycles. The molecule has 0 fully saturated rings. The van der Waals surface area contributed by atoms with Crippen LogP contribution in [0.15, 0.2) is 29.4 Å². The molecular formula is C17H24N4OS. The van der Waals surface area contributed by atoms with Crippen LogP contribution >= 0.6 is 11.8 Å². The molecule has 0 unspecified atom stereocenters. The highest BCUT2D eigenvalue weighted by molar-refractivity contribution is 7.99. The molecule has 5 nitrogen and oxygen atoms in total. The second-order valence-electron chi connectivity index (χ2n) is 5.39. The average molecular weight is 332 g/mol. The summed E-state index contributed by atoms with van der Waals surface area (Å²) >= 11 is 1.35. The summed E-state index contributed by atoms with van der Waals surface area (Å²) < 4.78 is 0. The maximum atomic E-state index is 11.9. The Morgan fingerprint density at radius 2 is 1.91 bits per heavy atom. The van der Waals surface area contributed by atoms with E-state index in [1.807, 2.05) is 12.1 Å². The van der Waals surface area contributed by atoms with Gasteiger partial charge in [0.15, 0.2) is 5.82 Å². The third-order valence-corrected chi connectivity index (χ3v) is 4.63. The summed E-state index contributed by atoms with van der Waals surface area (Å²) in [4.78, 5) is 16.3. The summed E-state index contributed by atoms with van der Waals surface area (Å²) in [5.74, 6) is 1.10. The molecule has 23 heavy (non-hydrogen) atoms. The number of benzene rings is 1. The molecule has 0 bridgehead atoms. The van der Waals surface area contributed by atoms with Gasteiger partial charge in [0.2, 0.25) is 11.1 Å². The number of H-pyrrole nitrogens is 1. The molecule has 0 aliphatic carbocycles. The number of hydrogen-bond acceptors (Lipinski definition) is 4. The molecule has 0 atom stereocenters. The fraction of sp³-hybridized carbons (Fsp3) is 0.471. The zero-order valence-electron chi connectivity index (χ0n) is 13.9. The number of aryl methyl sites for hydroxylation is 1. The van der Waals surface area contributed by atoms with Gasteiger partial charge in [-0.2, -0.15) is 0 Å². The van der Waals surface area contributed by atoms with Crippen LogP contribution in [0.2, 0.25) is 0 Å². The Morgan fingerprint density at radius 3 is 2.52 bits per heavy atom. The number of nitrogens with zero attached hydrogens (tertiary/aromatic N) is 2. The average Bonchev–Trinajstić information content (AvgIpc) is 3.07. The lowest BCUT2D eigenvalue weighted by atomic mass is 10.1. The Bertz CT molecular complexity index is 620. The zero-order valence-corrected chi connectivity index (χ0v) is 14.7. The highest BCUT2D eigenvalue weighted by Gasteiger charge is 2.11. The Labute approximate surface area is 141 Å². The van der Waals surface area contributed by atoms with Gasteiger partial charge >= 0.3 is 0 Å². The van der Waals surface area contributed by atoms with Crippen LogP contribution in [0, 0.1) is 0 Å². The van der Waals surface area contributed by atoms with Crippen LogP contribution in [0.1, 0.15) is 39.2 Å². The standard InChI is InChI=1S/C17H24N4OS/c1-4-12-7-9-13(10-8-12)16-19-17(21-20-16)23-11-15(22)18-14(5-2)6-3/h7-10,14H,4-6,11H2,1-3H3,(H,18,22)(H,19,20,21). The van der Waals surface area contributed by atoms with Crippen LogP contribution in [0.3, 0.4) is 0 Å². The van der Waals surface area contributed by atoms with Crippen LogP contribution in [-0.2, 0) is 11.2 Å². The van der Waals surface area contributed by atoms with Crippen LogP contribution in [0.5, 0.6) is 0 Å². The van der Waals surface area contributed by atoms with Gasteiger partial charge in [0.25, 0.3) is 0 Å². The first-order valence-corrected chi connectivity index (χ1v) is 9.08. The quantitative estimate of drug-likeness (QED) is 0.727. The first-order chi connectivity index (χ1) is 11.2. The predicted octanol–water partition coefficient (Wildman–Crippen LogP) is 3.43. The molecule has 6 heteroatoms. The molecule has 2 aromatic rings. The van der Waals surface area contributed by atoms with Gasteiger partial charge in [0.1, 0.15) is 0 Å². The van der Waals surface area contributed by atoms with Gasteiger partial charge < -0.3 is 5.32 Å². The minimum atomic E-state index is 0.0300. The fourth-order valence-electron chi connectivity index (χ4n) is 2.23. The van der Waals surface area contributed by atoms with E-state index in [2.05, 4.69) is 53.4 Å². The largest absolute Gasteiger partial charge is 0.353 e. The Hall–Kier alpha value is -1.82. The maximum Gasteiger partial charge on any atom is 0.230 e. The third-order valence-electron chi connectivity index (χ3n) is 3.78. The monoisotopic (exact) mass is 332 g/mol. The van der Waals surface area contributed by atoms with E-state index >= 15 is 0 Å². The number of amides is 1. The number of aromatic amines is 1. The van der Waals surface area contributed by atoms with Gasteiger partial charge in [-0.1, -0.05) is 56.8 Å². The lowest BCUT2D eigenvalue weighted by Crippen LogP contribution is -2.35. The number of thioether (sulfide) groups is 1. The minimum Gasteiger partial charge on any atom is -0.353 e. The van der Waals surface area contributed by atoms with Crippen LogP contribution in [-0.4, -0.2) is 32.9 Å². The SMILES string of the molecule is CCc1ccc(-c2nc(SCC(=O)NC(CC)CC)n[nH]2)cc1. The smallest absolute Gasteiger partial charge is 0.230 e. The number of carbonyl (C=O) groups excluding carboxylic acids is 1. The summed E-state index contributed by atoms with van der Waals surface area (Å²) in [6.07, 6.45) is 2.92. The minimum absolute atomic E-state index is 0.0300. The fourth-order valence-corrected chi connectivity index (χ4v) is 2.84. The Balaban J connectivity index is 1.90. The summed E-state index contributed by atoms with van der Waals surface area (Å²) in [5, 5.41) is 10.7. The lowest BCUT2D eigenvalue weighted by molar-refractivity contribution is -0.119. The molecule has 1 aromatic heterocycles. The highest BCUT2D eigenvalue weighted by atomic mass is 32.2. The first kappa shape index (κ1) is 17.5. The highest BCUT2D eigenvalue weighted by Crippen LogP contribution is 2.19. The van der Waals surface area contributed by atoms with E-state index in [0.29, 0.717) is 10.9 Å². The summed E-state index contributed by atoms with van der Waals surface area (Å²) in [6.45, 7) is 6.28. The van der Waals surface area contributed by atoms with E-state index in [1.165, 1.54) is 17.3 Å². The van der Waals surface area contributed by atoms with Crippen molar-refractivity contribution >= 4 is 17.7 Å². The molecule has 2 N–H and O–H groups in total. The molecule has 2 rings (SSSR count). The van der Waals surface area contributed by atoms with Gasteiger partial charge in [0, 0.05) is 11.6 Å². The summed E-state index contributed by atoms with van der Waals surface area (Å²) in [7, 11) is 0. The van der Waals surface area contributed by atoms with Crippen molar-refractivity contribution in [2.24, 2.45) is 0 Å². The van der Waals surface area contributed by atoms with E-state index in [-0.39, 0.29) is 11.9 Å². The van der Waals surface area contributed by atoms with E-state index in [9.17, 15) is 4.79 Å². The number of aromatic nitrogens is 3. The Kier molecular flexibility index (Phi) is 6.65. The third kappa shape index (κ3) is 5.10. The molecule has 1 aromatic carbocycles. The molecule has 0 saturated heterocycles. The number of nitrogens with one attached hydrogen (secondary N) is 2. The predicted molar refractivity (Wildman–Crippen MR) is 94.4 cm³/mol. The summed E-state index contributed by atoms with van der Waals surface area (Å²) in [5.41, 5.74) is 2.30. The van der Waals surface area contributed by atoms with Crippen LogP contribution < -0.4 is 5.32 Å². The van der Waals surface area contributed by atoms with Crippen LogP contribution in [0.25, 0.3) is 11.4 Å². The molecule has 0 aliphatic heterocycles. The first-order valence-electron chi connectivity index (χ1n) is 8.10. The molecule has 0 aliphatic rings. The van der Waals surface area contributed by atoms with E-state index in [1.54, 1.807) is 0 Å². The second kappa shape index (κ2) is 8.72. The van der Waals surface area contributed by atoms with Gasteiger partial charge in [-0.05, 0) is 24.8 Å². The molecule has 0 spiro atoms. The number of hydrogen-bond donors (Lipinski definition) is 2. The van der Waals surface area contributed by atoms with Crippen LogP contribution in [0.4, 0.5) is 0 Å². The van der Waals surface area contributed by atoms with Crippen molar-refractivity contribution in [3.8, 4) is 11.4 Å². The normalized spacial score (nSPS) is 11.0. The zero-order chi connectivity index (χ0) is 16.7. The van der Waals surface area contributed by atoms with Crippen molar-refractivity contribution in [3.63, 3.8) is 0 Å². The van der Waals surface area contributed by atoms with Crippen molar-refractivity contribution in [3.05, 3.63) is 29.8 Å². The maximum absolute atomic E-state index is 11.9. The molecule has 1 amide bonds. The van der Waals surface area contributed by atoms with Gasteiger partial charge in [-0.3, -0.25) is 9.89 Å². The van der Waals surface area contributed by atoms with Crippen molar-refractivity contribution in [2.45, 2.75) is 51.2 Å². The van der Waals surface area contributed by atoms with Crippen molar-refractivity contribution in [1.82, 2.24) is 20.5 Å².